The molecule has 1 unspecified atom stereocenters. The highest BCUT2D eigenvalue weighted by Gasteiger charge is 2.23. The van der Waals surface area contributed by atoms with E-state index in [1.165, 1.54) is 12.7 Å². The SMILES string of the molecule is COC(=O)C(C)CN1CCc2cc(-c3ccc(OCc4ccccc4)cc3)nnc2C1. The minimum atomic E-state index is -0.177. The number of nitrogens with zero attached hydrogens (tertiary/aromatic N) is 3. The molecule has 0 N–H and O–H groups in total. The molecule has 0 saturated carbocycles. The van der Waals surface area contributed by atoms with Crippen LogP contribution < -0.4 is 4.74 Å². The lowest BCUT2D eigenvalue weighted by Crippen LogP contribution is -2.37. The lowest BCUT2D eigenvalue weighted by Gasteiger charge is -2.29. The van der Waals surface area contributed by atoms with Crippen LogP contribution in [0, 0.1) is 5.92 Å². The van der Waals surface area contributed by atoms with Crippen LogP contribution in [-0.4, -0.2) is 41.3 Å². The van der Waals surface area contributed by atoms with Gasteiger partial charge >= 0.3 is 5.97 Å². The third kappa shape index (κ3) is 5.27. The van der Waals surface area contributed by atoms with E-state index in [-0.39, 0.29) is 11.9 Å². The smallest absolute Gasteiger partial charge is 0.309 e. The van der Waals surface area contributed by atoms with Crippen LogP contribution in [0.2, 0.25) is 0 Å². The van der Waals surface area contributed by atoms with E-state index in [0.717, 1.165) is 41.2 Å². The van der Waals surface area contributed by atoms with Crippen LogP contribution in [0.4, 0.5) is 0 Å². The zero-order chi connectivity index (χ0) is 21.6. The Bertz CT molecular complexity index is 1020. The fourth-order valence-corrected chi connectivity index (χ4v) is 3.80. The molecule has 1 aliphatic rings. The molecule has 31 heavy (non-hydrogen) atoms. The van der Waals surface area contributed by atoms with E-state index in [9.17, 15) is 4.79 Å². The molecular weight excluding hydrogens is 390 g/mol. The first-order valence-corrected chi connectivity index (χ1v) is 10.5. The van der Waals surface area contributed by atoms with Crippen LogP contribution in [0.15, 0.2) is 60.7 Å². The Labute approximate surface area is 182 Å². The lowest BCUT2D eigenvalue weighted by molar-refractivity contribution is -0.145. The first kappa shape index (κ1) is 21.0. The topological polar surface area (TPSA) is 64.5 Å². The fraction of sp³-hybridized carbons (Fsp3) is 0.320. The summed E-state index contributed by atoms with van der Waals surface area (Å²) >= 11 is 0. The Kier molecular flexibility index (Phi) is 6.57. The summed E-state index contributed by atoms with van der Waals surface area (Å²) in [4.78, 5) is 13.9. The van der Waals surface area contributed by atoms with Gasteiger partial charge in [0.05, 0.1) is 24.4 Å². The van der Waals surface area contributed by atoms with Crippen molar-refractivity contribution in [2.45, 2.75) is 26.5 Å². The highest BCUT2D eigenvalue weighted by Crippen LogP contribution is 2.25. The third-order valence-corrected chi connectivity index (χ3v) is 5.56. The van der Waals surface area contributed by atoms with Crippen molar-refractivity contribution in [3.63, 3.8) is 0 Å². The van der Waals surface area contributed by atoms with Crippen molar-refractivity contribution < 1.29 is 14.3 Å². The summed E-state index contributed by atoms with van der Waals surface area (Å²) in [7, 11) is 1.43. The Morgan fingerprint density at radius 1 is 1.10 bits per heavy atom. The summed E-state index contributed by atoms with van der Waals surface area (Å²) in [6.45, 7) is 4.70. The molecule has 4 rings (SSSR count). The average molecular weight is 418 g/mol. The van der Waals surface area contributed by atoms with Crippen LogP contribution in [-0.2, 0) is 29.1 Å². The first-order chi connectivity index (χ1) is 15.1. The Hall–Kier alpha value is -3.25. The average Bonchev–Trinajstić information content (AvgIpc) is 2.83. The molecular formula is C25H27N3O3. The molecule has 2 heterocycles. The minimum Gasteiger partial charge on any atom is -0.489 e. The summed E-state index contributed by atoms with van der Waals surface area (Å²) in [5, 5.41) is 8.92. The molecule has 0 bridgehead atoms. The van der Waals surface area contributed by atoms with Crippen molar-refractivity contribution in [2.24, 2.45) is 5.92 Å². The molecule has 6 heteroatoms. The van der Waals surface area contributed by atoms with Gasteiger partial charge in [-0.25, -0.2) is 0 Å². The molecule has 1 aliphatic heterocycles. The van der Waals surface area contributed by atoms with Gasteiger partial charge in [0.25, 0.3) is 0 Å². The van der Waals surface area contributed by atoms with Gasteiger partial charge in [0.15, 0.2) is 0 Å². The van der Waals surface area contributed by atoms with E-state index in [1.807, 2.05) is 61.5 Å². The Morgan fingerprint density at radius 3 is 2.61 bits per heavy atom. The van der Waals surface area contributed by atoms with Crippen molar-refractivity contribution in [3.05, 3.63) is 77.5 Å². The molecule has 0 spiro atoms. The van der Waals surface area contributed by atoms with Gasteiger partial charge in [-0.1, -0.05) is 37.3 Å². The summed E-state index contributed by atoms with van der Waals surface area (Å²) in [6.07, 6.45) is 0.893. The van der Waals surface area contributed by atoms with E-state index in [1.54, 1.807) is 0 Å². The third-order valence-electron chi connectivity index (χ3n) is 5.56. The van der Waals surface area contributed by atoms with Gasteiger partial charge in [0.1, 0.15) is 12.4 Å². The number of hydrogen-bond acceptors (Lipinski definition) is 6. The van der Waals surface area contributed by atoms with Crippen LogP contribution >= 0.6 is 0 Å². The van der Waals surface area contributed by atoms with Crippen molar-refractivity contribution in [2.75, 3.05) is 20.2 Å². The van der Waals surface area contributed by atoms with E-state index in [2.05, 4.69) is 21.2 Å². The number of aromatic nitrogens is 2. The van der Waals surface area contributed by atoms with Crippen LogP contribution in [0.5, 0.6) is 5.75 Å². The van der Waals surface area contributed by atoms with Crippen molar-refractivity contribution in [1.29, 1.82) is 0 Å². The van der Waals surface area contributed by atoms with Crippen molar-refractivity contribution in [3.8, 4) is 17.0 Å². The summed E-state index contributed by atoms with van der Waals surface area (Å²) in [5.41, 5.74) is 5.22. The second-order valence-electron chi connectivity index (χ2n) is 7.91. The number of hydrogen-bond donors (Lipinski definition) is 0. The van der Waals surface area contributed by atoms with Gasteiger partial charge < -0.3 is 9.47 Å². The number of methoxy groups -OCH3 is 1. The molecule has 1 atom stereocenters. The summed E-state index contributed by atoms with van der Waals surface area (Å²) < 4.78 is 10.7. The molecule has 0 saturated heterocycles. The van der Waals surface area contributed by atoms with E-state index >= 15 is 0 Å². The largest absolute Gasteiger partial charge is 0.489 e. The van der Waals surface area contributed by atoms with Gasteiger partial charge in [0, 0.05) is 25.2 Å². The predicted molar refractivity (Wildman–Crippen MR) is 118 cm³/mol. The summed E-state index contributed by atoms with van der Waals surface area (Å²) in [6, 6.07) is 20.2. The molecule has 160 valence electrons. The molecule has 1 aromatic heterocycles. The van der Waals surface area contributed by atoms with Gasteiger partial charge in [-0.15, -0.1) is 0 Å². The van der Waals surface area contributed by atoms with Crippen molar-refractivity contribution in [1.82, 2.24) is 15.1 Å². The number of rotatable bonds is 7. The van der Waals surface area contributed by atoms with E-state index in [0.29, 0.717) is 19.7 Å². The van der Waals surface area contributed by atoms with Gasteiger partial charge in [-0.05, 0) is 47.9 Å². The zero-order valence-electron chi connectivity index (χ0n) is 18.0. The summed E-state index contributed by atoms with van der Waals surface area (Å²) in [5.74, 6) is 0.499. The van der Waals surface area contributed by atoms with Gasteiger partial charge in [-0.3, -0.25) is 9.69 Å². The normalized spacial score (nSPS) is 14.5. The highest BCUT2D eigenvalue weighted by atomic mass is 16.5. The van der Waals surface area contributed by atoms with Crippen LogP contribution in [0.25, 0.3) is 11.3 Å². The maximum atomic E-state index is 11.7. The number of benzene rings is 2. The minimum absolute atomic E-state index is 0.151. The maximum Gasteiger partial charge on any atom is 0.309 e. The lowest BCUT2D eigenvalue weighted by atomic mass is 10.0. The molecule has 0 aliphatic carbocycles. The van der Waals surface area contributed by atoms with Gasteiger partial charge in [0.2, 0.25) is 0 Å². The van der Waals surface area contributed by atoms with Crippen LogP contribution in [0.1, 0.15) is 23.7 Å². The van der Waals surface area contributed by atoms with E-state index in [4.69, 9.17) is 9.47 Å². The fourth-order valence-electron chi connectivity index (χ4n) is 3.80. The number of fused-ring (bicyclic) bond motifs is 1. The quantitative estimate of drug-likeness (QED) is 0.544. The maximum absolute atomic E-state index is 11.7. The molecule has 0 radical (unpaired) electrons. The molecule has 3 aromatic rings. The highest BCUT2D eigenvalue weighted by molar-refractivity contribution is 5.72. The Balaban J connectivity index is 1.38. The first-order valence-electron chi connectivity index (χ1n) is 10.5. The standard InChI is InChI=1S/C25H27N3O3/c1-18(25(29)30-2)15-28-13-12-21-14-23(26-27-24(21)16-28)20-8-10-22(11-9-20)31-17-19-6-4-3-5-7-19/h3-11,14,18H,12-13,15-17H2,1-2H3. The number of carbonyl (C=O) groups is 1. The molecule has 2 aromatic carbocycles. The predicted octanol–water partition coefficient (Wildman–Crippen LogP) is 3.89. The Morgan fingerprint density at radius 2 is 1.87 bits per heavy atom. The second-order valence-corrected chi connectivity index (χ2v) is 7.91. The van der Waals surface area contributed by atoms with Gasteiger partial charge in [-0.2, -0.15) is 10.2 Å². The van der Waals surface area contributed by atoms with E-state index < -0.39 is 0 Å². The van der Waals surface area contributed by atoms with Crippen LogP contribution in [0.3, 0.4) is 0 Å². The number of carbonyl (C=O) groups excluding carboxylic acids is 1. The number of ether oxygens (including phenoxy) is 2. The second kappa shape index (κ2) is 9.71. The molecule has 6 nitrogen and oxygen atoms in total. The zero-order valence-corrected chi connectivity index (χ0v) is 18.0. The van der Waals surface area contributed by atoms with Crippen molar-refractivity contribution >= 4 is 5.97 Å². The molecule has 0 fully saturated rings. The monoisotopic (exact) mass is 417 g/mol. The molecule has 0 amide bonds. The number of esters is 1.